The van der Waals surface area contributed by atoms with Crippen LogP contribution in [0.25, 0.3) is 0 Å². The zero-order chi connectivity index (χ0) is 14.9. The highest BCUT2D eigenvalue weighted by molar-refractivity contribution is 5.32. The Morgan fingerprint density at radius 3 is 2.55 bits per heavy atom. The van der Waals surface area contributed by atoms with Crippen LogP contribution in [0.3, 0.4) is 0 Å². The number of β-amino-alcohol motifs (C(OH)–C–C–N with tert-alkyl or cyclic N) is 1. The van der Waals surface area contributed by atoms with Crippen LogP contribution in [0.1, 0.15) is 50.0 Å². The van der Waals surface area contributed by atoms with Crippen molar-refractivity contribution in [1.29, 1.82) is 0 Å². The summed E-state index contributed by atoms with van der Waals surface area (Å²) in [6.45, 7) is 14.1. The van der Waals surface area contributed by atoms with E-state index in [1.54, 1.807) is 0 Å². The van der Waals surface area contributed by atoms with E-state index in [4.69, 9.17) is 0 Å². The fourth-order valence-electron chi connectivity index (χ4n) is 3.25. The topological polar surface area (TPSA) is 23.5 Å². The van der Waals surface area contributed by atoms with Crippen LogP contribution in [-0.4, -0.2) is 29.6 Å². The summed E-state index contributed by atoms with van der Waals surface area (Å²) in [4.78, 5) is 2.42. The highest BCUT2D eigenvalue weighted by Gasteiger charge is 2.32. The quantitative estimate of drug-likeness (QED) is 0.909. The third kappa shape index (κ3) is 3.62. The highest BCUT2D eigenvalue weighted by atomic mass is 16.3. The molecule has 2 unspecified atom stereocenters. The molecule has 2 heteroatoms. The van der Waals surface area contributed by atoms with Crippen molar-refractivity contribution in [2.75, 3.05) is 19.6 Å². The maximum Gasteiger partial charge on any atom is 0.0919 e. The number of benzene rings is 1. The first-order chi connectivity index (χ1) is 9.27. The Bertz CT molecular complexity index is 461. The van der Waals surface area contributed by atoms with Gasteiger partial charge >= 0.3 is 0 Å². The molecule has 1 aliphatic heterocycles. The molecule has 1 N–H and O–H groups in total. The van der Waals surface area contributed by atoms with E-state index < -0.39 is 0 Å². The number of nitrogens with zero attached hydrogens (tertiary/aromatic N) is 1. The van der Waals surface area contributed by atoms with Crippen molar-refractivity contribution in [3.05, 3.63) is 34.9 Å². The van der Waals surface area contributed by atoms with E-state index in [1.807, 2.05) is 0 Å². The molecule has 0 aliphatic carbocycles. The van der Waals surface area contributed by atoms with Crippen LogP contribution in [0, 0.1) is 25.2 Å². The molecule has 0 spiro atoms. The maximum absolute atomic E-state index is 10.5. The molecule has 0 aromatic heterocycles. The van der Waals surface area contributed by atoms with Crippen molar-refractivity contribution in [1.82, 2.24) is 4.90 Å². The molecule has 1 aliphatic rings. The SMILES string of the molecule is Cc1ccc(C(O)CN2CCC(C(C)(C)C)C2)c(C)c1. The molecule has 0 radical (unpaired) electrons. The maximum atomic E-state index is 10.5. The van der Waals surface area contributed by atoms with Gasteiger partial charge in [-0.25, -0.2) is 0 Å². The van der Waals surface area contributed by atoms with Gasteiger partial charge in [0.1, 0.15) is 0 Å². The summed E-state index contributed by atoms with van der Waals surface area (Å²) in [5.74, 6) is 0.744. The van der Waals surface area contributed by atoms with Gasteiger partial charge in [0.05, 0.1) is 6.10 Å². The summed E-state index contributed by atoms with van der Waals surface area (Å²) >= 11 is 0. The van der Waals surface area contributed by atoms with Crippen LogP contribution in [0.4, 0.5) is 0 Å². The van der Waals surface area contributed by atoms with Crippen LogP contribution in [0.5, 0.6) is 0 Å². The van der Waals surface area contributed by atoms with Gasteiger partial charge in [-0.3, -0.25) is 0 Å². The van der Waals surface area contributed by atoms with Gasteiger partial charge in [0.25, 0.3) is 0 Å². The lowest BCUT2D eigenvalue weighted by Gasteiger charge is -2.28. The van der Waals surface area contributed by atoms with Gasteiger partial charge in [0.15, 0.2) is 0 Å². The predicted octanol–water partition coefficient (Wildman–Crippen LogP) is 3.70. The summed E-state index contributed by atoms with van der Waals surface area (Å²) in [7, 11) is 0. The average molecular weight is 275 g/mol. The second-order valence-electron chi connectivity index (χ2n) is 7.49. The lowest BCUT2D eigenvalue weighted by molar-refractivity contribution is 0.118. The van der Waals surface area contributed by atoms with E-state index >= 15 is 0 Å². The number of hydrogen-bond donors (Lipinski definition) is 1. The number of hydrogen-bond acceptors (Lipinski definition) is 2. The van der Waals surface area contributed by atoms with Gasteiger partial charge in [-0.2, -0.15) is 0 Å². The Kier molecular flexibility index (Phi) is 4.55. The molecule has 1 fully saturated rings. The van der Waals surface area contributed by atoms with Gasteiger partial charge in [0.2, 0.25) is 0 Å². The number of likely N-dealkylation sites (tertiary alicyclic amines) is 1. The van der Waals surface area contributed by atoms with Crippen LogP contribution in [0.2, 0.25) is 0 Å². The van der Waals surface area contributed by atoms with E-state index in [9.17, 15) is 5.11 Å². The second-order valence-corrected chi connectivity index (χ2v) is 7.49. The first kappa shape index (κ1) is 15.5. The van der Waals surface area contributed by atoms with Crippen molar-refractivity contribution in [3.63, 3.8) is 0 Å². The molecule has 20 heavy (non-hydrogen) atoms. The fraction of sp³-hybridized carbons (Fsp3) is 0.667. The summed E-state index contributed by atoms with van der Waals surface area (Å²) in [6, 6.07) is 6.32. The van der Waals surface area contributed by atoms with Gasteiger partial charge < -0.3 is 10.0 Å². The Morgan fingerprint density at radius 1 is 1.30 bits per heavy atom. The average Bonchev–Trinajstić information content (AvgIpc) is 2.76. The molecule has 1 saturated heterocycles. The van der Waals surface area contributed by atoms with Crippen molar-refractivity contribution in [2.45, 2.75) is 47.1 Å². The second kappa shape index (κ2) is 5.87. The number of aryl methyl sites for hydroxylation is 2. The van der Waals surface area contributed by atoms with Gasteiger partial charge in [-0.15, -0.1) is 0 Å². The Balaban J connectivity index is 1.97. The summed E-state index contributed by atoms with van der Waals surface area (Å²) in [5, 5.41) is 10.5. The summed E-state index contributed by atoms with van der Waals surface area (Å²) < 4.78 is 0. The molecule has 2 nitrogen and oxygen atoms in total. The minimum Gasteiger partial charge on any atom is -0.387 e. The van der Waals surface area contributed by atoms with Crippen LogP contribution < -0.4 is 0 Å². The van der Waals surface area contributed by atoms with E-state index in [1.165, 1.54) is 17.5 Å². The Hall–Kier alpha value is -0.860. The molecule has 1 aromatic carbocycles. The molecular formula is C18H29NO. The molecule has 0 amide bonds. The van der Waals surface area contributed by atoms with Crippen molar-refractivity contribution < 1.29 is 5.11 Å². The fourth-order valence-corrected chi connectivity index (χ4v) is 3.25. The normalized spacial score (nSPS) is 22.2. The third-order valence-electron chi connectivity index (χ3n) is 4.71. The molecule has 0 bridgehead atoms. The summed E-state index contributed by atoms with van der Waals surface area (Å²) in [5.41, 5.74) is 3.91. The molecule has 2 rings (SSSR count). The molecular weight excluding hydrogens is 246 g/mol. The number of aliphatic hydroxyl groups excluding tert-OH is 1. The van der Waals surface area contributed by atoms with Crippen LogP contribution >= 0.6 is 0 Å². The lowest BCUT2D eigenvalue weighted by atomic mass is 9.80. The predicted molar refractivity (Wildman–Crippen MR) is 84.9 cm³/mol. The van der Waals surface area contributed by atoms with Crippen molar-refractivity contribution in [2.24, 2.45) is 11.3 Å². The van der Waals surface area contributed by atoms with Crippen molar-refractivity contribution in [3.8, 4) is 0 Å². The first-order valence-corrected chi connectivity index (χ1v) is 7.75. The van der Waals surface area contributed by atoms with Gasteiger partial charge in [-0.05, 0) is 49.3 Å². The van der Waals surface area contributed by atoms with E-state index in [0.29, 0.717) is 5.41 Å². The largest absolute Gasteiger partial charge is 0.387 e. The van der Waals surface area contributed by atoms with Gasteiger partial charge in [0, 0.05) is 13.1 Å². The van der Waals surface area contributed by atoms with Gasteiger partial charge in [-0.1, -0.05) is 44.5 Å². The standard InChI is InChI=1S/C18H29NO/c1-13-6-7-16(14(2)10-13)17(20)12-19-9-8-15(11-19)18(3,4)5/h6-7,10,15,17,20H,8-9,11-12H2,1-5H3. The Labute approximate surface area is 123 Å². The van der Waals surface area contributed by atoms with E-state index in [0.717, 1.165) is 31.1 Å². The van der Waals surface area contributed by atoms with E-state index in [2.05, 4.69) is 57.7 Å². The first-order valence-electron chi connectivity index (χ1n) is 7.75. The minimum absolute atomic E-state index is 0.366. The zero-order valence-electron chi connectivity index (χ0n) is 13.6. The molecule has 1 aromatic rings. The molecule has 112 valence electrons. The number of rotatable bonds is 3. The smallest absolute Gasteiger partial charge is 0.0919 e. The van der Waals surface area contributed by atoms with Crippen LogP contribution in [-0.2, 0) is 0 Å². The minimum atomic E-state index is -0.366. The number of aliphatic hydroxyl groups is 1. The Morgan fingerprint density at radius 2 is 2.00 bits per heavy atom. The van der Waals surface area contributed by atoms with E-state index in [-0.39, 0.29) is 6.10 Å². The third-order valence-corrected chi connectivity index (χ3v) is 4.71. The molecule has 1 heterocycles. The summed E-state index contributed by atoms with van der Waals surface area (Å²) in [6.07, 6.45) is 0.887. The zero-order valence-corrected chi connectivity index (χ0v) is 13.6. The molecule has 0 saturated carbocycles. The van der Waals surface area contributed by atoms with Crippen molar-refractivity contribution >= 4 is 0 Å². The monoisotopic (exact) mass is 275 g/mol. The molecule has 2 atom stereocenters. The highest BCUT2D eigenvalue weighted by Crippen LogP contribution is 2.34. The van der Waals surface area contributed by atoms with Crippen LogP contribution in [0.15, 0.2) is 18.2 Å². The lowest BCUT2D eigenvalue weighted by Crippen LogP contribution is -2.29.